The molecule has 198 valence electrons. The van der Waals surface area contributed by atoms with Crippen molar-refractivity contribution in [1.82, 2.24) is 4.90 Å². The van der Waals surface area contributed by atoms with Crippen LogP contribution in [-0.2, 0) is 9.59 Å². The number of rotatable bonds is 8. The van der Waals surface area contributed by atoms with Gasteiger partial charge in [-0.15, -0.1) is 0 Å². The Morgan fingerprint density at radius 3 is 1.92 bits per heavy atom. The summed E-state index contributed by atoms with van der Waals surface area (Å²) >= 11 is 0. The highest BCUT2D eigenvalue weighted by molar-refractivity contribution is 6.01. The van der Waals surface area contributed by atoms with Crippen LogP contribution in [-0.4, -0.2) is 72.3 Å². The molecule has 8 nitrogen and oxygen atoms in total. The predicted octanol–water partition coefficient (Wildman–Crippen LogP) is 4.40. The van der Waals surface area contributed by atoms with E-state index in [1.54, 1.807) is 0 Å². The quantitative estimate of drug-likeness (QED) is 0.335. The standard InChI is InChI=1S/C26H28N2O2.C4H4O4/c1-27(2)24-11-9-20(10-12-24)26(30)21-13-15-28(16-14-21)18-25(29)23-8-7-19-5-3-4-6-22(19)17-23;5-3(6)1-2-4(7)8/h3-12,17,21H,13-16,18H2,1-2H3;1-2H,(H,5,6)(H,7,8)/b;2-1+. The van der Waals surface area contributed by atoms with E-state index in [0.717, 1.165) is 53.5 Å². The van der Waals surface area contributed by atoms with Crippen molar-refractivity contribution in [3.63, 3.8) is 0 Å². The Kier molecular flexibility index (Phi) is 9.90. The molecule has 1 aliphatic rings. The van der Waals surface area contributed by atoms with Gasteiger partial charge in [0.15, 0.2) is 11.6 Å². The van der Waals surface area contributed by atoms with E-state index in [2.05, 4.69) is 11.0 Å². The largest absolute Gasteiger partial charge is 0.478 e. The Labute approximate surface area is 221 Å². The summed E-state index contributed by atoms with van der Waals surface area (Å²) in [4.78, 5) is 48.9. The average Bonchev–Trinajstić information content (AvgIpc) is 2.92. The van der Waals surface area contributed by atoms with Crippen LogP contribution in [0.5, 0.6) is 0 Å². The van der Waals surface area contributed by atoms with E-state index in [-0.39, 0.29) is 17.5 Å². The first-order chi connectivity index (χ1) is 18.1. The second-order valence-electron chi connectivity index (χ2n) is 9.35. The van der Waals surface area contributed by atoms with E-state index < -0.39 is 11.9 Å². The number of hydrogen-bond donors (Lipinski definition) is 2. The molecule has 38 heavy (non-hydrogen) atoms. The first-order valence-electron chi connectivity index (χ1n) is 12.3. The molecule has 0 radical (unpaired) electrons. The lowest BCUT2D eigenvalue weighted by Gasteiger charge is -2.30. The molecule has 1 aliphatic heterocycles. The number of carbonyl (C=O) groups excluding carboxylic acids is 2. The van der Waals surface area contributed by atoms with Crippen molar-refractivity contribution in [2.75, 3.05) is 38.6 Å². The van der Waals surface area contributed by atoms with Crippen molar-refractivity contribution in [1.29, 1.82) is 0 Å². The summed E-state index contributed by atoms with van der Waals surface area (Å²) in [6.45, 7) is 1.98. The normalized spacial score (nSPS) is 14.1. The van der Waals surface area contributed by atoms with Gasteiger partial charge in [-0.2, -0.15) is 0 Å². The number of carboxylic acids is 2. The molecule has 0 aliphatic carbocycles. The fourth-order valence-electron chi connectivity index (χ4n) is 4.31. The zero-order chi connectivity index (χ0) is 27.7. The summed E-state index contributed by atoms with van der Waals surface area (Å²) < 4.78 is 0. The van der Waals surface area contributed by atoms with Crippen LogP contribution in [0, 0.1) is 5.92 Å². The molecule has 2 N–H and O–H groups in total. The number of Topliss-reactive ketones (excluding diaryl/α,β-unsaturated/α-hetero) is 2. The number of piperidine rings is 1. The number of fused-ring (bicyclic) bond motifs is 1. The number of aliphatic carboxylic acids is 2. The van der Waals surface area contributed by atoms with E-state index in [9.17, 15) is 19.2 Å². The number of benzene rings is 3. The maximum atomic E-state index is 12.9. The molecule has 0 atom stereocenters. The molecule has 8 heteroatoms. The van der Waals surface area contributed by atoms with Crippen molar-refractivity contribution in [3.05, 3.63) is 90.0 Å². The second kappa shape index (κ2) is 13.3. The third-order valence-corrected chi connectivity index (χ3v) is 6.43. The molecule has 1 saturated heterocycles. The zero-order valence-electron chi connectivity index (χ0n) is 21.5. The van der Waals surface area contributed by atoms with E-state index in [4.69, 9.17) is 10.2 Å². The Morgan fingerprint density at radius 2 is 1.37 bits per heavy atom. The highest BCUT2D eigenvalue weighted by Crippen LogP contribution is 2.24. The second-order valence-corrected chi connectivity index (χ2v) is 9.35. The molecule has 4 rings (SSSR count). The predicted molar refractivity (Wildman–Crippen MR) is 147 cm³/mol. The van der Waals surface area contributed by atoms with Gasteiger partial charge in [0.2, 0.25) is 0 Å². The number of carboxylic acid groups (broad SMARTS) is 2. The minimum Gasteiger partial charge on any atom is -0.478 e. The van der Waals surface area contributed by atoms with Gasteiger partial charge < -0.3 is 15.1 Å². The minimum absolute atomic E-state index is 0.0437. The molecule has 0 unspecified atom stereocenters. The monoisotopic (exact) mass is 516 g/mol. The van der Waals surface area contributed by atoms with Gasteiger partial charge in [-0.1, -0.05) is 36.4 Å². The zero-order valence-corrected chi connectivity index (χ0v) is 21.5. The van der Waals surface area contributed by atoms with Crippen LogP contribution in [0.15, 0.2) is 78.9 Å². The maximum Gasteiger partial charge on any atom is 0.328 e. The SMILES string of the molecule is CN(C)c1ccc(C(=O)C2CCN(CC(=O)c3ccc4ccccc4c3)CC2)cc1.O=C(O)/C=C/C(=O)O. The first kappa shape index (κ1) is 28.3. The summed E-state index contributed by atoms with van der Waals surface area (Å²) in [6, 6.07) is 21.8. The third-order valence-electron chi connectivity index (χ3n) is 6.43. The fraction of sp³-hybridized carbons (Fsp3) is 0.267. The molecule has 0 aromatic heterocycles. The summed E-state index contributed by atoms with van der Waals surface area (Å²) in [5.74, 6) is -2.10. The number of anilines is 1. The summed E-state index contributed by atoms with van der Waals surface area (Å²) in [5, 5.41) is 17.9. The minimum atomic E-state index is -1.26. The van der Waals surface area contributed by atoms with E-state index in [0.29, 0.717) is 18.7 Å². The molecule has 0 saturated carbocycles. The Bertz CT molecular complexity index is 1310. The lowest BCUT2D eigenvalue weighted by Crippen LogP contribution is -2.39. The number of likely N-dealkylation sites (tertiary alicyclic amines) is 1. The van der Waals surface area contributed by atoms with Crippen molar-refractivity contribution in [2.45, 2.75) is 12.8 Å². The number of carbonyl (C=O) groups is 4. The summed E-state index contributed by atoms with van der Waals surface area (Å²) in [6.07, 6.45) is 2.73. The number of hydrogen-bond acceptors (Lipinski definition) is 6. The van der Waals surface area contributed by atoms with Crippen LogP contribution in [0.1, 0.15) is 33.6 Å². The maximum absolute atomic E-state index is 12.9. The summed E-state index contributed by atoms with van der Waals surface area (Å²) in [7, 11) is 3.98. The van der Waals surface area contributed by atoms with Crippen molar-refractivity contribution in [3.8, 4) is 0 Å². The van der Waals surface area contributed by atoms with Gasteiger partial charge in [0, 0.05) is 49.0 Å². The van der Waals surface area contributed by atoms with Crippen LogP contribution in [0.25, 0.3) is 10.8 Å². The van der Waals surface area contributed by atoms with E-state index in [1.807, 2.05) is 79.7 Å². The van der Waals surface area contributed by atoms with Gasteiger partial charge in [0.1, 0.15) is 0 Å². The number of ketones is 2. The lowest BCUT2D eigenvalue weighted by atomic mass is 9.88. The molecular weight excluding hydrogens is 484 g/mol. The smallest absolute Gasteiger partial charge is 0.328 e. The third kappa shape index (κ3) is 8.11. The highest BCUT2D eigenvalue weighted by atomic mass is 16.4. The van der Waals surface area contributed by atoms with Gasteiger partial charge >= 0.3 is 11.9 Å². The van der Waals surface area contributed by atoms with E-state index in [1.165, 1.54) is 0 Å². The molecule has 0 bridgehead atoms. The van der Waals surface area contributed by atoms with Crippen LogP contribution in [0.2, 0.25) is 0 Å². The van der Waals surface area contributed by atoms with Crippen LogP contribution < -0.4 is 4.90 Å². The van der Waals surface area contributed by atoms with Crippen LogP contribution in [0.3, 0.4) is 0 Å². The Hall–Kier alpha value is -4.30. The van der Waals surface area contributed by atoms with Crippen LogP contribution >= 0.6 is 0 Å². The first-order valence-corrected chi connectivity index (χ1v) is 12.3. The molecule has 1 fully saturated rings. The molecule has 0 spiro atoms. The van der Waals surface area contributed by atoms with Gasteiger partial charge in [-0.25, -0.2) is 9.59 Å². The van der Waals surface area contributed by atoms with Gasteiger partial charge in [0.05, 0.1) is 6.54 Å². The van der Waals surface area contributed by atoms with Gasteiger partial charge in [-0.05, 0) is 67.0 Å². The topological polar surface area (TPSA) is 115 Å². The average molecular weight is 517 g/mol. The Morgan fingerprint density at radius 1 is 0.816 bits per heavy atom. The molecule has 0 amide bonds. The fourth-order valence-corrected chi connectivity index (χ4v) is 4.31. The Balaban J connectivity index is 0.000000436. The molecular formula is C30H32N2O6. The number of nitrogens with zero attached hydrogens (tertiary/aromatic N) is 2. The lowest BCUT2D eigenvalue weighted by molar-refractivity contribution is -0.134. The van der Waals surface area contributed by atoms with Crippen molar-refractivity contribution >= 4 is 40.0 Å². The summed E-state index contributed by atoms with van der Waals surface area (Å²) in [5.41, 5.74) is 2.63. The molecule has 1 heterocycles. The highest BCUT2D eigenvalue weighted by Gasteiger charge is 2.27. The van der Waals surface area contributed by atoms with Crippen molar-refractivity contribution in [2.24, 2.45) is 5.92 Å². The van der Waals surface area contributed by atoms with Gasteiger partial charge in [-0.3, -0.25) is 14.5 Å². The van der Waals surface area contributed by atoms with Crippen molar-refractivity contribution < 1.29 is 29.4 Å². The molecule has 3 aromatic rings. The van der Waals surface area contributed by atoms with Crippen LogP contribution in [0.4, 0.5) is 5.69 Å². The molecule has 3 aromatic carbocycles. The van der Waals surface area contributed by atoms with Gasteiger partial charge in [0.25, 0.3) is 0 Å². The van der Waals surface area contributed by atoms with E-state index >= 15 is 0 Å².